The zero-order valence-electron chi connectivity index (χ0n) is 12.4. The van der Waals surface area contributed by atoms with Crippen molar-refractivity contribution in [2.24, 2.45) is 5.41 Å². The predicted molar refractivity (Wildman–Crippen MR) is 86.4 cm³/mol. The van der Waals surface area contributed by atoms with Gasteiger partial charge in [0.05, 0.1) is 12.1 Å². The lowest BCUT2D eigenvalue weighted by atomic mass is 9.80. The van der Waals surface area contributed by atoms with Gasteiger partial charge in [0.1, 0.15) is 5.41 Å². The van der Waals surface area contributed by atoms with Crippen molar-refractivity contribution in [3.8, 4) is 6.07 Å². The average Bonchev–Trinajstić information content (AvgIpc) is 2.73. The van der Waals surface area contributed by atoms with Gasteiger partial charge in [0.15, 0.2) is 0 Å². The number of carbonyl (C=O) groups is 1. The number of benzene rings is 1. The first-order chi connectivity index (χ1) is 10.1. The normalized spacial score (nSPS) is 19.1. The number of hydrogen-bond donors (Lipinski definition) is 1. The highest BCUT2D eigenvalue weighted by atomic mass is 79.9. The van der Waals surface area contributed by atoms with E-state index in [4.69, 9.17) is 0 Å². The molecule has 0 aliphatic heterocycles. The fourth-order valence-electron chi connectivity index (χ4n) is 2.92. The Balaban J connectivity index is 2.10. The van der Waals surface area contributed by atoms with Crippen molar-refractivity contribution in [3.05, 3.63) is 34.3 Å². The van der Waals surface area contributed by atoms with Crippen LogP contribution in [0.4, 0.5) is 0 Å². The molecule has 1 saturated carbocycles. The van der Waals surface area contributed by atoms with Gasteiger partial charge >= 0.3 is 0 Å². The van der Waals surface area contributed by atoms with Crippen molar-refractivity contribution < 1.29 is 4.79 Å². The Labute approximate surface area is 134 Å². The summed E-state index contributed by atoms with van der Waals surface area (Å²) in [5.74, 6) is -0.112. The molecule has 112 valence electrons. The van der Waals surface area contributed by atoms with Gasteiger partial charge in [0.2, 0.25) is 5.91 Å². The van der Waals surface area contributed by atoms with E-state index in [1.807, 2.05) is 31.2 Å². The molecule has 1 aliphatic carbocycles. The van der Waals surface area contributed by atoms with Gasteiger partial charge < -0.3 is 5.32 Å². The van der Waals surface area contributed by atoms with Gasteiger partial charge in [-0.2, -0.15) is 5.26 Å². The lowest BCUT2D eigenvalue weighted by Gasteiger charge is -2.26. The van der Waals surface area contributed by atoms with E-state index in [0.717, 1.165) is 35.7 Å². The summed E-state index contributed by atoms with van der Waals surface area (Å²) < 4.78 is 0.991. The highest BCUT2D eigenvalue weighted by Crippen LogP contribution is 2.35. The van der Waals surface area contributed by atoms with Crippen molar-refractivity contribution in [2.45, 2.75) is 51.5 Å². The Morgan fingerprint density at radius 2 is 2.00 bits per heavy atom. The van der Waals surface area contributed by atoms with Crippen molar-refractivity contribution >= 4 is 21.8 Å². The van der Waals surface area contributed by atoms with Crippen LogP contribution in [0.1, 0.15) is 57.1 Å². The van der Waals surface area contributed by atoms with E-state index in [9.17, 15) is 10.1 Å². The maximum Gasteiger partial charge on any atom is 0.240 e. The van der Waals surface area contributed by atoms with Crippen molar-refractivity contribution in [2.75, 3.05) is 0 Å². The lowest BCUT2D eigenvalue weighted by Crippen LogP contribution is -2.41. The van der Waals surface area contributed by atoms with Gasteiger partial charge in [0, 0.05) is 4.47 Å². The van der Waals surface area contributed by atoms with E-state index in [-0.39, 0.29) is 11.9 Å². The second kappa shape index (κ2) is 7.09. The second-order valence-corrected chi connectivity index (χ2v) is 6.77. The van der Waals surface area contributed by atoms with Gasteiger partial charge in [-0.3, -0.25) is 4.79 Å². The van der Waals surface area contributed by atoms with E-state index in [1.165, 1.54) is 0 Å². The van der Waals surface area contributed by atoms with Crippen LogP contribution in [0, 0.1) is 16.7 Å². The molecular formula is C17H21BrN2O. The van der Waals surface area contributed by atoms with Gasteiger partial charge in [-0.15, -0.1) is 0 Å². The summed E-state index contributed by atoms with van der Waals surface area (Å²) in [6, 6.07) is 10.1. The molecule has 1 aliphatic rings. The van der Waals surface area contributed by atoms with Gasteiger partial charge in [0.25, 0.3) is 0 Å². The largest absolute Gasteiger partial charge is 0.348 e. The molecule has 0 spiro atoms. The van der Waals surface area contributed by atoms with Crippen LogP contribution in [0.2, 0.25) is 0 Å². The third-order valence-electron chi connectivity index (χ3n) is 4.30. The van der Waals surface area contributed by atoms with E-state index in [2.05, 4.69) is 27.3 Å². The third-order valence-corrected chi connectivity index (χ3v) is 4.80. The Hall–Kier alpha value is -1.34. The standard InChI is InChI=1S/C17H21BrN2O/c1-13(14-7-6-8-15(18)11-14)20-16(21)17(12-19)9-4-2-3-5-10-17/h6-8,11,13H,2-5,9-10H2,1H3,(H,20,21). The zero-order valence-corrected chi connectivity index (χ0v) is 13.9. The molecule has 1 aromatic carbocycles. The molecule has 0 bridgehead atoms. The summed E-state index contributed by atoms with van der Waals surface area (Å²) in [7, 11) is 0. The SMILES string of the molecule is CC(NC(=O)C1(C#N)CCCCCC1)c1cccc(Br)c1. The smallest absolute Gasteiger partial charge is 0.240 e. The van der Waals surface area contributed by atoms with Crippen LogP contribution in [0.5, 0.6) is 0 Å². The van der Waals surface area contributed by atoms with E-state index < -0.39 is 5.41 Å². The Bertz CT molecular complexity index is 542. The Kier molecular flexibility index (Phi) is 5.41. The molecule has 0 aromatic heterocycles. The summed E-state index contributed by atoms with van der Waals surface area (Å²) in [6.07, 6.45) is 5.54. The summed E-state index contributed by atoms with van der Waals surface area (Å²) in [5, 5.41) is 12.6. The lowest BCUT2D eigenvalue weighted by molar-refractivity contribution is -0.129. The number of hydrogen-bond acceptors (Lipinski definition) is 2. The molecule has 1 N–H and O–H groups in total. The number of nitrogens with zero attached hydrogens (tertiary/aromatic N) is 1. The van der Waals surface area contributed by atoms with Crippen LogP contribution in [0.3, 0.4) is 0 Å². The van der Waals surface area contributed by atoms with Gasteiger partial charge in [-0.25, -0.2) is 0 Å². The second-order valence-electron chi connectivity index (χ2n) is 5.86. The monoisotopic (exact) mass is 348 g/mol. The zero-order chi connectivity index (χ0) is 15.3. The number of carbonyl (C=O) groups excluding carboxylic acids is 1. The predicted octanol–water partition coefficient (Wildman–Crippen LogP) is 4.49. The minimum absolute atomic E-state index is 0.0940. The summed E-state index contributed by atoms with van der Waals surface area (Å²) >= 11 is 3.44. The summed E-state index contributed by atoms with van der Waals surface area (Å²) in [5.41, 5.74) is 0.205. The molecule has 4 heteroatoms. The van der Waals surface area contributed by atoms with E-state index in [0.29, 0.717) is 12.8 Å². The molecule has 0 heterocycles. The molecule has 1 atom stereocenters. The van der Waals surface area contributed by atoms with Crippen LogP contribution in [-0.4, -0.2) is 5.91 Å². The Morgan fingerprint density at radius 1 is 1.33 bits per heavy atom. The molecule has 0 saturated heterocycles. The maximum absolute atomic E-state index is 12.6. The molecule has 1 amide bonds. The summed E-state index contributed by atoms with van der Waals surface area (Å²) in [4.78, 5) is 12.6. The van der Waals surface area contributed by atoms with E-state index in [1.54, 1.807) is 0 Å². The van der Waals surface area contributed by atoms with Gasteiger partial charge in [-0.1, -0.05) is 53.7 Å². The first-order valence-electron chi connectivity index (χ1n) is 7.55. The van der Waals surface area contributed by atoms with Crippen LogP contribution in [0.25, 0.3) is 0 Å². The average molecular weight is 349 g/mol. The molecule has 2 rings (SSSR count). The number of rotatable bonds is 3. The number of nitrogens with one attached hydrogen (secondary N) is 1. The third kappa shape index (κ3) is 3.85. The minimum atomic E-state index is -0.837. The first kappa shape index (κ1) is 16.0. The quantitative estimate of drug-likeness (QED) is 0.818. The number of amides is 1. The number of nitriles is 1. The van der Waals surface area contributed by atoms with Crippen molar-refractivity contribution in [1.82, 2.24) is 5.32 Å². The highest BCUT2D eigenvalue weighted by molar-refractivity contribution is 9.10. The maximum atomic E-state index is 12.6. The van der Waals surface area contributed by atoms with Crippen LogP contribution < -0.4 is 5.32 Å². The van der Waals surface area contributed by atoms with Crippen LogP contribution in [-0.2, 0) is 4.79 Å². The van der Waals surface area contributed by atoms with Crippen LogP contribution in [0.15, 0.2) is 28.7 Å². The Morgan fingerprint density at radius 3 is 2.57 bits per heavy atom. The topological polar surface area (TPSA) is 52.9 Å². The summed E-state index contributed by atoms with van der Waals surface area (Å²) in [6.45, 7) is 1.96. The fraction of sp³-hybridized carbons (Fsp3) is 0.529. The molecule has 1 aromatic rings. The first-order valence-corrected chi connectivity index (χ1v) is 8.34. The van der Waals surface area contributed by atoms with E-state index >= 15 is 0 Å². The molecule has 21 heavy (non-hydrogen) atoms. The minimum Gasteiger partial charge on any atom is -0.348 e. The van der Waals surface area contributed by atoms with Crippen molar-refractivity contribution in [3.63, 3.8) is 0 Å². The molecular weight excluding hydrogens is 328 g/mol. The van der Waals surface area contributed by atoms with Crippen LogP contribution >= 0.6 is 15.9 Å². The molecule has 1 unspecified atom stereocenters. The molecule has 3 nitrogen and oxygen atoms in total. The highest BCUT2D eigenvalue weighted by Gasteiger charge is 2.39. The molecule has 1 fully saturated rings. The van der Waals surface area contributed by atoms with Crippen molar-refractivity contribution in [1.29, 1.82) is 5.26 Å². The number of halogens is 1. The molecule has 0 radical (unpaired) electrons. The fourth-order valence-corrected chi connectivity index (χ4v) is 3.33. The van der Waals surface area contributed by atoms with Gasteiger partial charge in [-0.05, 0) is 37.5 Å².